The quantitative estimate of drug-likeness (QED) is 0.370. The van der Waals surface area contributed by atoms with Gasteiger partial charge in [0.25, 0.3) is 0 Å². The third-order valence-electron chi connectivity index (χ3n) is 0.449. The number of hydrogen-bond acceptors (Lipinski definition) is 4. The van der Waals surface area contributed by atoms with E-state index in [1.807, 2.05) is 0 Å². The SMILES string of the molecule is O=S(=O)(OC=S)C(F)(F)F. The van der Waals surface area contributed by atoms with Crippen LogP contribution < -0.4 is 0 Å². The zero-order valence-corrected chi connectivity index (χ0v) is 5.89. The molecule has 0 aromatic heterocycles. The Bertz CT molecular complexity index is 214. The Morgan fingerprint density at radius 3 is 1.90 bits per heavy atom. The van der Waals surface area contributed by atoms with Crippen LogP contribution in [-0.2, 0) is 14.3 Å². The van der Waals surface area contributed by atoms with Crippen molar-refractivity contribution in [2.24, 2.45) is 0 Å². The van der Waals surface area contributed by atoms with Crippen LogP contribution in [0.2, 0.25) is 0 Å². The van der Waals surface area contributed by atoms with Gasteiger partial charge in [-0.3, -0.25) is 0 Å². The zero-order valence-electron chi connectivity index (χ0n) is 4.25. The van der Waals surface area contributed by atoms with Gasteiger partial charge in [0, 0.05) is 0 Å². The second kappa shape index (κ2) is 2.70. The van der Waals surface area contributed by atoms with Crippen molar-refractivity contribution in [3.63, 3.8) is 0 Å². The lowest BCUT2D eigenvalue weighted by Gasteiger charge is -2.03. The average molecular weight is 194 g/mol. The fourth-order valence-electron chi connectivity index (χ4n) is 0.106. The zero-order chi connectivity index (χ0) is 8.41. The molecule has 0 unspecified atom stereocenters. The van der Waals surface area contributed by atoms with Crippen LogP contribution in [-0.4, -0.2) is 19.5 Å². The summed E-state index contributed by atoms with van der Waals surface area (Å²) in [5.41, 5.74) is -5.37. The van der Waals surface area contributed by atoms with E-state index in [-0.39, 0.29) is 5.55 Å². The van der Waals surface area contributed by atoms with Crippen LogP contribution in [0.25, 0.3) is 0 Å². The van der Waals surface area contributed by atoms with Crippen LogP contribution in [0, 0.1) is 0 Å². The Morgan fingerprint density at radius 2 is 1.80 bits per heavy atom. The summed E-state index contributed by atoms with van der Waals surface area (Å²) in [7, 11) is -5.51. The van der Waals surface area contributed by atoms with Crippen molar-refractivity contribution in [2.45, 2.75) is 5.51 Å². The van der Waals surface area contributed by atoms with E-state index in [0.717, 1.165) is 0 Å². The summed E-state index contributed by atoms with van der Waals surface area (Å²) in [5, 5.41) is 0. The van der Waals surface area contributed by atoms with Gasteiger partial charge in [0.15, 0.2) is 5.55 Å². The third-order valence-corrected chi connectivity index (χ3v) is 1.58. The van der Waals surface area contributed by atoms with Gasteiger partial charge in [-0.25, -0.2) is 0 Å². The highest BCUT2D eigenvalue weighted by molar-refractivity contribution is 7.89. The second-order valence-electron chi connectivity index (χ2n) is 1.09. The molecule has 0 aromatic rings. The van der Waals surface area contributed by atoms with Crippen LogP contribution in [0.15, 0.2) is 0 Å². The summed E-state index contributed by atoms with van der Waals surface area (Å²) >= 11 is 3.74. The summed E-state index contributed by atoms with van der Waals surface area (Å²) in [6, 6.07) is 0. The molecule has 0 heterocycles. The van der Waals surface area contributed by atoms with Crippen molar-refractivity contribution < 1.29 is 25.8 Å². The number of rotatable bonds is 2. The Kier molecular flexibility index (Phi) is 2.60. The van der Waals surface area contributed by atoms with E-state index in [1.165, 1.54) is 0 Å². The van der Waals surface area contributed by atoms with Gasteiger partial charge in [-0.1, -0.05) is 0 Å². The lowest BCUT2D eigenvalue weighted by molar-refractivity contribution is -0.0501. The van der Waals surface area contributed by atoms with Crippen molar-refractivity contribution in [3.05, 3.63) is 0 Å². The number of hydrogen-bond donors (Lipinski definition) is 0. The highest BCUT2D eigenvalue weighted by Gasteiger charge is 2.47. The predicted molar refractivity (Wildman–Crippen MR) is 29.7 cm³/mol. The largest absolute Gasteiger partial charge is 0.534 e. The molecule has 0 aliphatic carbocycles. The molecule has 0 saturated carbocycles. The van der Waals surface area contributed by atoms with Gasteiger partial charge < -0.3 is 4.18 Å². The van der Waals surface area contributed by atoms with E-state index in [9.17, 15) is 21.6 Å². The fraction of sp³-hybridized carbons (Fsp3) is 0.500. The van der Waals surface area contributed by atoms with E-state index in [2.05, 4.69) is 16.4 Å². The molecule has 0 amide bonds. The van der Waals surface area contributed by atoms with Gasteiger partial charge in [0.05, 0.1) is 0 Å². The van der Waals surface area contributed by atoms with Crippen LogP contribution in [0.3, 0.4) is 0 Å². The minimum atomic E-state index is -5.51. The van der Waals surface area contributed by atoms with Crippen molar-refractivity contribution in [2.75, 3.05) is 0 Å². The minimum absolute atomic E-state index is 0.0306. The summed E-state index contributed by atoms with van der Waals surface area (Å²) in [5.74, 6) is 0. The molecule has 0 fully saturated rings. The minimum Gasteiger partial charge on any atom is -0.372 e. The van der Waals surface area contributed by atoms with E-state index in [0.29, 0.717) is 0 Å². The van der Waals surface area contributed by atoms with Crippen molar-refractivity contribution in [1.29, 1.82) is 0 Å². The standard InChI is InChI=1S/C2HF3O3S2/c3-2(4,5)10(6,7)8-1-9/h1H. The van der Waals surface area contributed by atoms with Gasteiger partial charge in [-0.15, -0.1) is 0 Å². The molecule has 60 valence electrons. The molecule has 0 rings (SSSR count). The second-order valence-corrected chi connectivity index (χ2v) is 2.85. The maximum absolute atomic E-state index is 11.2. The van der Waals surface area contributed by atoms with Crippen molar-refractivity contribution >= 4 is 27.9 Å². The number of alkyl halides is 3. The Hall–Kier alpha value is -0.370. The topological polar surface area (TPSA) is 43.4 Å². The van der Waals surface area contributed by atoms with Gasteiger partial charge >= 0.3 is 15.6 Å². The molecule has 0 saturated heterocycles. The maximum atomic E-state index is 11.2. The van der Waals surface area contributed by atoms with Gasteiger partial charge in [-0.05, 0) is 12.2 Å². The van der Waals surface area contributed by atoms with E-state index >= 15 is 0 Å². The predicted octanol–water partition coefficient (Wildman–Crippen LogP) is 0.810. The molecule has 0 aliphatic rings. The fourth-order valence-corrected chi connectivity index (χ4v) is 0.629. The molecular formula is C2HF3O3S2. The third kappa shape index (κ3) is 2.10. The monoisotopic (exact) mass is 194 g/mol. The van der Waals surface area contributed by atoms with Gasteiger partial charge in [-0.2, -0.15) is 21.6 Å². The normalized spacial score (nSPS) is 12.7. The summed E-state index contributed by atoms with van der Waals surface area (Å²) < 4.78 is 56.5. The van der Waals surface area contributed by atoms with Crippen LogP contribution in [0.5, 0.6) is 0 Å². The smallest absolute Gasteiger partial charge is 0.372 e. The molecule has 0 bridgehead atoms. The number of thiocarbonyl (C=S) groups is 1. The molecule has 10 heavy (non-hydrogen) atoms. The Balaban J connectivity index is 4.59. The Morgan fingerprint density at radius 1 is 1.40 bits per heavy atom. The molecule has 8 heteroatoms. The molecular weight excluding hydrogens is 193 g/mol. The highest BCUT2D eigenvalue weighted by atomic mass is 32.2. The number of halogens is 3. The van der Waals surface area contributed by atoms with Gasteiger partial charge in [0.2, 0.25) is 0 Å². The first kappa shape index (κ1) is 9.63. The highest BCUT2D eigenvalue weighted by Crippen LogP contribution is 2.23. The van der Waals surface area contributed by atoms with Crippen molar-refractivity contribution in [3.8, 4) is 0 Å². The lowest BCUT2D eigenvalue weighted by atomic mass is 11.6. The van der Waals surface area contributed by atoms with E-state index in [1.54, 1.807) is 0 Å². The maximum Gasteiger partial charge on any atom is 0.534 e. The average Bonchev–Trinajstić information content (AvgIpc) is 1.61. The molecule has 0 N–H and O–H groups in total. The molecule has 0 atom stereocenters. The Labute approximate surface area is 59.9 Å². The van der Waals surface area contributed by atoms with Crippen LogP contribution in [0.4, 0.5) is 13.2 Å². The van der Waals surface area contributed by atoms with Gasteiger partial charge in [0.1, 0.15) is 0 Å². The first-order valence-electron chi connectivity index (χ1n) is 1.74. The molecule has 3 nitrogen and oxygen atoms in total. The summed E-state index contributed by atoms with van der Waals surface area (Å²) in [4.78, 5) is 0. The van der Waals surface area contributed by atoms with Crippen molar-refractivity contribution in [1.82, 2.24) is 0 Å². The van der Waals surface area contributed by atoms with E-state index in [4.69, 9.17) is 0 Å². The summed E-state index contributed by atoms with van der Waals surface area (Å²) in [6.45, 7) is 0. The first-order chi connectivity index (χ1) is 4.31. The van der Waals surface area contributed by atoms with Crippen LogP contribution >= 0.6 is 12.2 Å². The summed E-state index contributed by atoms with van der Waals surface area (Å²) in [6.07, 6.45) is 0. The first-order valence-corrected chi connectivity index (χ1v) is 3.62. The molecule has 0 aromatic carbocycles. The van der Waals surface area contributed by atoms with Crippen LogP contribution in [0.1, 0.15) is 0 Å². The molecule has 0 spiro atoms. The molecule has 0 radical (unpaired) electrons. The van der Waals surface area contributed by atoms with E-state index < -0.39 is 15.6 Å². The molecule has 0 aliphatic heterocycles. The lowest BCUT2D eigenvalue weighted by Crippen LogP contribution is -2.24.